The molecule has 0 amide bonds. The average molecular weight is 274 g/mol. The van der Waals surface area contributed by atoms with E-state index >= 15 is 0 Å². The van der Waals surface area contributed by atoms with Gasteiger partial charge in [-0.3, -0.25) is 0 Å². The van der Waals surface area contributed by atoms with E-state index in [-0.39, 0.29) is 0 Å². The molecule has 0 fully saturated rings. The Bertz CT molecular complexity index is 367. The molecule has 0 heterocycles. The van der Waals surface area contributed by atoms with Crippen LogP contribution in [0.4, 0.5) is 0 Å². The van der Waals surface area contributed by atoms with Gasteiger partial charge in [-0.25, -0.2) is 0 Å². The lowest BCUT2D eigenvalue weighted by Crippen LogP contribution is -2.01. The van der Waals surface area contributed by atoms with Crippen molar-refractivity contribution in [2.45, 2.75) is 25.7 Å². The van der Waals surface area contributed by atoms with Gasteiger partial charge in [-0.1, -0.05) is 36.2 Å². The van der Waals surface area contributed by atoms with Crippen LogP contribution in [0, 0.1) is 10.7 Å². The first-order valence-electron chi connectivity index (χ1n) is 5.15. The third kappa shape index (κ3) is 3.59. The van der Waals surface area contributed by atoms with Crippen molar-refractivity contribution in [1.29, 1.82) is 5.26 Å². The van der Waals surface area contributed by atoms with Gasteiger partial charge in [0.2, 0.25) is 0 Å². The molecule has 0 aromatic heterocycles. The van der Waals surface area contributed by atoms with Crippen molar-refractivity contribution >= 4 is 35.0 Å². The van der Waals surface area contributed by atoms with Gasteiger partial charge in [0.1, 0.15) is 5.40 Å². The Hall–Kier alpha value is -0.360. The largest absolute Gasteiger partial charge is 0.185 e. The number of thiocyanates is 1. The molecule has 0 N–H and O–H groups in total. The number of nitriles is 1. The molecule has 1 aromatic rings. The molecule has 16 heavy (non-hydrogen) atoms. The Morgan fingerprint density at radius 1 is 1.38 bits per heavy atom. The normalized spacial score (nSPS) is 12.1. The van der Waals surface area contributed by atoms with Gasteiger partial charge in [0.15, 0.2) is 0 Å². The Balaban J connectivity index is 2.83. The molecule has 0 aliphatic rings. The second-order valence-corrected chi connectivity index (χ2v) is 5.16. The van der Waals surface area contributed by atoms with Gasteiger partial charge in [0.05, 0.1) is 0 Å². The smallest absolute Gasteiger partial charge is 0.133 e. The van der Waals surface area contributed by atoms with Gasteiger partial charge in [-0.05, 0) is 48.2 Å². The minimum atomic E-state index is 0.335. The quantitative estimate of drug-likeness (QED) is 0.551. The van der Waals surface area contributed by atoms with Crippen LogP contribution in [0.5, 0.6) is 0 Å². The molecule has 1 nitrogen and oxygen atoms in total. The van der Waals surface area contributed by atoms with E-state index in [9.17, 15) is 0 Å². The van der Waals surface area contributed by atoms with Crippen LogP contribution in [0.15, 0.2) is 18.2 Å². The van der Waals surface area contributed by atoms with Crippen molar-refractivity contribution in [1.82, 2.24) is 0 Å². The highest BCUT2D eigenvalue weighted by Gasteiger charge is 2.15. The summed E-state index contributed by atoms with van der Waals surface area (Å²) in [6.07, 6.45) is 1.91. The summed E-state index contributed by atoms with van der Waals surface area (Å²) >= 11 is 13.6. The van der Waals surface area contributed by atoms with Gasteiger partial charge in [0.25, 0.3) is 0 Å². The van der Waals surface area contributed by atoms with E-state index in [0.29, 0.717) is 5.92 Å². The van der Waals surface area contributed by atoms with Crippen LogP contribution in [0.3, 0.4) is 0 Å². The van der Waals surface area contributed by atoms with Crippen LogP contribution in [0.2, 0.25) is 10.0 Å². The van der Waals surface area contributed by atoms with Crippen molar-refractivity contribution in [3.05, 3.63) is 33.8 Å². The first kappa shape index (κ1) is 13.7. The highest BCUT2D eigenvalue weighted by atomic mass is 35.5. The van der Waals surface area contributed by atoms with E-state index in [1.807, 2.05) is 18.2 Å². The van der Waals surface area contributed by atoms with Crippen LogP contribution < -0.4 is 0 Å². The van der Waals surface area contributed by atoms with E-state index in [1.54, 1.807) is 0 Å². The first-order valence-corrected chi connectivity index (χ1v) is 6.89. The number of halogens is 2. The fraction of sp³-hybridized carbons (Fsp3) is 0.417. The van der Waals surface area contributed by atoms with Crippen LogP contribution in [-0.2, 0) is 0 Å². The zero-order valence-corrected chi connectivity index (χ0v) is 11.4. The summed E-state index contributed by atoms with van der Waals surface area (Å²) in [4.78, 5) is 0. The lowest BCUT2D eigenvalue weighted by molar-refractivity contribution is 0.648. The number of hydrogen-bond donors (Lipinski definition) is 0. The summed E-state index contributed by atoms with van der Waals surface area (Å²) < 4.78 is 0. The molecular formula is C12H13Cl2NS. The Labute approximate surface area is 111 Å². The maximum atomic E-state index is 8.49. The van der Waals surface area contributed by atoms with Crippen molar-refractivity contribution in [3.63, 3.8) is 0 Å². The summed E-state index contributed by atoms with van der Waals surface area (Å²) in [6, 6.07) is 5.58. The van der Waals surface area contributed by atoms with Crippen LogP contribution >= 0.6 is 35.0 Å². The highest BCUT2D eigenvalue weighted by Crippen LogP contribution is 2.35. The zero-order valence-electron chi connectivity index (χ0n) is 9.04. The number of hydrogen-bond acceptors (Lipinski definition) is 2. The Morgan fingerprint density at radius 2 is 2.00 bits per heavy atom. The topological polar surface area (TPSA) is 23.8 Å². The molecule has 0 radical (unpaired) electrons. The van der Waals surface area contributed by atoms with Gasteiger partial charge in [0, 0.05) is 15.8 Å². The summed E-state index contributed by atoms with van der Waals surface area (Å²) in [6.45, 7) is 2.11. The maximum absolute atomic E-state index is 8.49. The molecule has 1 rings (SSSR count). The predicted octanol–water partition coefficient (Wildman–Crippen LogP) is 5.09. The summed E-state index contributed by atoms with van der Waals surface area (Å²) in [5.41, 5.74) is 1.02. The second-order valence-electron chi connectivity index (χ2n) is 3.47. The van der Waals surface area contributed by atoms with Crippen molar-refractivity contribution in [2.75, 3.05) is 5.75 Å². The molecule has 0 bridgehead atoms. The van der Waals surface area contributed by atoms with Gasteiger partial charge in [-0.15, -0.1) is 0 Å². The number of thioether (sulfide) groups is 1. The van der Waals surface area contributed by atoms with Gasteiger partial charge in [-0.2, -0.15) is 5.26 Å². The Morgan fingerprint density at radius 3 is 2.50 bits per heavy atom. The molecule has 0 spiro atoms. The SMILES string of the molecule is CCC(CCSC#N)c1c(Cl)cccc1Cl. The maximum Gasteiger partial charge on any atom is 0.133 e. The van der Waals surface area contributed by atoms with E-state index in [0.717, 1.165) is 34.2 Å². The lowest BCUT2D eigenvalue weighted by Gasteiger charge is -2.17. The van der Waals surface area contributed by atoms with Gasteiger partial charge >= 0.3 is 0 Å². The first-order chi connectivity index (χ1) is 7.70. The fourth-order valence-corrected chi connectivity index (χ4v) is 2.90. The molecule has 4 heteroatoms. The Kier molecular flexibility index (Phi) is 6.05. The van der Waals surface area contributed by atoms with E-state index in [1.165, 1.54) is 11.8 Å². The van der Waals surface area contributed by atoms with E-state index < -0.39 is 0 Å². The molecule has 86 valence electrons. The number of rotatable bonds is 5. The minimum absolute atomic E-state index is 0.335. The predicted molar refractivity (Wildman–Crippen MR) is 72.2 cm³/mol. The monoisotopic (exact) mass is 273 g/mol. The lowest BCUT2D eigenvalue weighted by atomic mass is 9.94. The highest BCUT2D eigenvalue weighted by molar-refractivity contribution is 8.03. The van der Waals surface area contributed by atoms with Crippen molar-refractivity contribution in [2.24, 2.45) is 0 Å². The van der Waals surface area contributed by atoms with Crippen molar-refractivity contribution < 1.29 is 0 Å². The van der Waals surface area contributed by atoms with Gasteiger partial charge < -0.3 is 0 Å². The number of nitrogens with zero attached hydrogens (tertiary/aromatic N) is 1. The molecule has 0 saturated carbocycles. The van der Waals surface area contributed by atoms with E-state index in [2.05, 4.69) is 12.3 Å². The summed E-state index contributed by atoms with van der Waals surface area (Å²) in [7, 11) is 0. The molecule has 1 aromatic carbocycles. The molecule has 0 aliphatic heterocycles. The van der Waals surface area contributed by atoms with Crippen molar-refractivity contribution in [3.8, 4) is 5.40 Å². The second kappa shape index (κ2) is 7.06. The molecular weight excluding hydrogens is 261 g/mol. The number of benzene rings is 1. The molecule has 0 aliphatic carbocycles. The molecule has 0 saturated heterocycles. The fourth-order valence-electron chi connectivity index (χ4n) is 1.70. The molecule has 1 unspecified atom stereocenters. The zero-order chi connectivity index (χ0) is 12.0. The van der Waals surface area contributed by atoms with Crippen LogP contribution in [0.25, 0.3) is 0 Å². The summed E-state index contributed by atoms with van der Waals surface area (Å²) in [5.74, 6) is 1.15. The third-order valence-corrected chi connectivity index (χ3v) is 3.76. The average Bonchev–Trinajstić information content (AvgIpc) is 2.26. The van der Waals surface area contributed by atoms with E-state index in [4.69, 9.17) is 28.5 Å². The third-order valence-electron chi connectivity index (χ3n) is 2.53. The minimum Gasteiger partial charge on any atom is -0.185 e. The van der Waals surface area contributed by atoms with Crippen LogP contribution in [-0.4, -0.2) is 5.75 Å². The van der Waals surface area contributed by atoms with Crippen LogP contribution in [0.1, 0.15) is 31.2 Å². The summed E-state index contributed by atoms with van der Waals surface area (Å²) in [5, 5.41) is 12.0. The standard InChI is InChI=1S/C12H13Cl2NS/c1-2-9(6-7-16-8-15)12-10(13)4-3-5-11(12)14/h3-5,9H,2,6-7H2,1H3. The molecule has 1 atom stereocenters.